The summed E-state index contributed by atoms with van der Waals surface area (Å²) in [7, 11) is 0. The van der Waals surface area contributed by atoms with Gasteiger partial charge in [-0.1, -0.05) is 12.1 Å². The molecule has 0 aliphatic carbocycles. The fourth-order valence-electron chi connectivity index (χ4n) is 3.57. The number of hydrogen-bond donors (Lipinski definition) is 1. The molecule has 1 N–H and O–H groups in total. The standard InChI is InChI=1S/C23H23N3O3/c1-15-7-8-19(11-16(15)2)26-14-18(12-21(26)27)23(28)25-13-17-5-3-9-24-22(17)20-6-4-10-29-20/h3-11,18H,12-14H2,1-2H3,(H,25,28). The molecule has 2 aromatic heterocycles. The Kier molecular flexibility index (Phi) is 5.16. The number of pyridine rings is 1. The lowest BCUT2D eigenvalue weighted by atomic mass is 10.1. The van der Waals surface area contributed by atoms with Crippen LogP contribution in [0, 0.1) is 19.8 Å². The molecule has 3 aromatic rings. The van der Waals surface area contributed by atoms with Gasteiger partial charge in [-0.3, -0.25) is 14.6 Å². The van der Waals surface area contributed by atoms with Crippen molar-refractivity contribution in [3.8, 4) is 11.5 Å². The van der Waals surface area contributed by atoms with Crippen LogP contribution >= 0.6 is 0 Å². The number of hydrogen-bond acceptors (Lipinski definition) is 4. The van der Waals surface area contributed by atoms with Gasteiger partial charge in [-0.15, -0.1) is 0 Å². The fourth-order valence-corrected chi connectivity index (χ4v) is 3.57. The van der Waals surface area contributed by atoms with Crippen LogP contribution in [-0.4, -0.2) is 23.3 Å². The van der Waals surface area contributed by atoms with Crippen LogP contribution in [0.4, 0.5) is 5.69 Å². The number of rotatable bonds is 5. The highest BCUT2D eigenvalue weighted by molar-refractivity contribution is 6.00. The number of aryl methyl sites for hydroxylation is 2. The Morgan fingerprint density at radius 2 is 2.07 bits per heavy atom. The van der Waals surface area contributed by atoms with Crippen LogP contribution in [0.5, 0.6) is 0 Å². The van der Waals surface area contributed by atoms with Crippen molar-refractivity contribution in [2.24, 2.45) is 5.92 Å². The topological polar surface area (TPSA) is 75.4 Å². The Morgan fingerprint density at radius 3 is 2.83 bits per heavy atom. The van der Waals surface area contributed by atoms with E-state index in [2.05, 4.69) is 10.3 Å². The number of carbonyl (C=O) groups is 2. The average molecular weight is 389 g/mol. The smallest absolute Gasteiger partial charge is 0.227 e. The summed E-state index contributed by atoms with van der Waals surface area (Å²) < 4.78 is 5.44. The summed E-state index contributed by atoms with van der Waals surface area (Å²) in [5.41, 5.74) is 4.73. The molecule has 1 aromatic carbocycles. The van der Waals surface area contributed by atoms with Crippen LogP contribution in [0.2, 0.25) is 0 Å². The quantitative estimate of drug-likeness (QED) is 0.723. The molecule has 0 saturated carbocycles. The Morgan fingerprint density at radius 1 is 1.21 bits per heavy atom. The van der Waals surface area contributed by atoms with Gasteiger partial charge in [0.05, 0.1) is 12.2 Å². The summed E-state index contributed by atoms with van der Waals surface area (Å²) >= 11 is 0. The maximum atomic E-state index is 12.7. The van der Waals surface area contributed by atoms with E-state index in [-0.39, 0.29) is 24.2 Å². The monoisotopic (exact) mass is 389 g/mol. The second-order valence-electron chi connectivity index (χ2n) is 7.38. The molecule has 4 rings (SSSR count). The zero-order chi connectivity index (χ0) is 20.4. The first-order valence-electron chi connectivity index (χ1n) is 9.66. The lowest BCUT2D eigenvalue weighted by Crippen LogP contribution is -2.32. The third-order valence-corrected chi connectivity index (χ3v) is 5.40. The zero-order valence-corrected chi connectivity index (χ0v) is 16.5. The molecule has 1 fully saturated rings. The lowest BCUT2D eigenvalue weighted by Gasteiger charge is -2.18. The predicted octanol–water partition coefficient (Wildman–Crippen LogP) is 3.63. The molecule has 6 heteroatoms. The number of anilines is 1. The van der Waals surface area contributed by atoms with Crippen molar-refractivity contribution >= 4 is 17.5 Å². The third kappa shape index (κ3) is 3.92. The Balaban J connectivity index is 1.43. The number of benzene rings is 1. The minimum atomic E-state index is -0.368. The second kappa shape index (κ2) is 7.91. The van der Waals surface area contributed by atoms with Crippen LogP contribution in [-0.2, 0) is 16.1 Å². The van der Waals surface area contributed by atoms with Gasteiger partial charge < -0.3 is 14.6 Å². The molecule has 0 radical (unpaired) electrons. The molecule has 1 aliphatic rings. The largest absolute Gasteiger partial charge is 0.463 e. The molecule has 2 amide bonds. The van der Waals surface area contributed by atoms with E-state index >= 15 is 0 Å². The van der Waals surface area contributed by atoms with E-state index in [0.717, 1.165) is 16.8 Å². The number of carbonyl (C=O) groups excluding carboxylic acids is 2. The van der Waals surface area contributed by atoms with E-state index in [0.29, 0.717) is 24.5 Å². The van der Waals surface area contributed by atoms with Crippen molar-refractivity contribution in [1.82, 2.24) is 10.3 Å². The van der Waals surface area contributed by atoms with Crippen molar-refractivity contribution in [3.63, 3.8) is 0 Å². The van der Waals surface area contributed by atoms with Gasteiger partial charge in [0.25, 0.3) is 0 Å². The van der Waals surface area contributed by atoms with E-state index in [4.69, 9.17) is 4.42 Å². The van der Waals surface area contributed by atoms with Crippen LogP contribution in [0.3, 0.4) is 0 Å². The van der Waals surface area contributed by atoms with Crippen LogP contribution in [0.15, 0.2) is 59.3 Å². The van der Waals surface area contributed by atoms with Crippen molar-refractivity contribution in [3.05, 3.63) is 71.6 Å². The van der Waals surface area contributed by atoms with Crippen LogP contribution < -0.4 is 10.2 Å². The summed E-state index contributed by atoms with van der Waals surface area (Å²) in [6, 6.07) is 13.3. The fraction of sp³-hybridized carbons (Fsp3) is 0.261. The van der Waals surface area contributed by atoms with Crippen LogP contribution in [0.1, 0.15) is 23.1 Å². The molecule has 29 heavy (non-hydrogen) atoms. The number of furan rings is 1. The SMILES string of the molecule is Cc1ccc(N2CC(C(=O)NCc3cccnc3-c3ccco3)CC2=O)cc1C. The molecule has 6 nitrogen and oxygen atoms in total. The number of aromatic nitrogens is 1. The first-order chi connectivity index (χ1) is 14.0. The van der Waals surface area contributed by atoms with Gasteiger partial charge in [0.15, 0.2) is 5.76 Å². The molecular formula is C23H23N3O3. The lowest BCUT2D eigenvalue weighted by molar-refractivity contribution is -0.126. The van der Waals surface area contributed by atoms with Gasteiger partial charge >= 0.3 is 0 Å². The minimum Gasteiger partial charge on any atom is -0.463 e. The van der Waals surface area contributed by atoms with Crippen LogP contribution in [0.25, 0.3) is 11.5 Å². The van der Waals surface area contributed by atoms with Gasteiger partial charge in [-0.25, -0.2) is 0 Å². The predicted molar refractivity (Wildman–Crippen MR) is 110 cm³/mol. The summed E-state index contributed by atoms with van der Waals surface area (Å²) in [6.07, 6.45) is 3.51. The molecule has 1 saturated heterocycles. The molecule has 1 unspecified atom stereocenters. The first kappa shape index (κ1) is 18.9. The number of amides is 2. The summed E-state index contributed by atoms with van der Waals surface area (Å²) in [5, 5.41) is 2.96. The van der Waals surface area contributed by atoms with Crippen molar-refractivity contribution < 1.29 is 14.0 Å². The normalized spacial score (nSPS) is 16.3. The maximum Gasteiger partial charge on any atom is 0.227 e. The molecule has 0 bridgehead atoms. The van der Waals surface area contributed by atoms with E-state index in [1.54, 1.807) is 23.4 Å². The second-order valence-corrected chi connectivity index (χ2v) is 7.38. The van der Waals surface area contributed by atoms with Gasteiger partial charge in [0.1, 0.15) is 5.69 Å². The van der Waals surface area contributed by atoms with Gasteiger partial charge in [-0.2, -0.15) is 0 Å². The van der Waals surface area contributed by atoms with E-state index < -0.39 is 0 Å². The van der Waals surface area contributed by atoms with Crippen molar-refractivity contribution in [2.75, 3.05) is 11.4 Å². The maximum absolute atomic E-state index is 12.7. The minimum absolute atomic E-state index is 0.0222. The molecular weight excluding hydrogens is 366 g/mol. The zero-order valence-electron chi connectivity index (χ0n) is 16.5. The average Bonchev–Trinajstić information content (AvgIpc) is 3.38. The van der Waals surface area contributed by atoms with E-state index in [1.165, 1.54) is 5.56 Å². The van der Waals surface area contributed by atoms with Gasteiger partial charge in [0.2, 0.25) is 11.8 Å². The van der Waals surface area contributed by atoms with Crippen molar-refractivity contribution in [1.29, 1.82) is 0 Å². The summed E-state index contributed by atoms with van der Waals surface area (Å²) in [6.45, 7) is 4.78. The molecule has 0 spiro atoms. The van der Waals surface area contributed by atoms with Gasteiger partial charge in [0, 0.05) is 37.0 Å². The Hall–Kier alpha value is -3.41. The first-order valence-corrected chi connectivity index (χ1v) is 9.66. The van der Waals surface area contributed by atoms with E-state index in [9.17, 15) is 9.59 Å². The van der Waals surface area contributed by atoms with Crippen molar-refractivity contribution in [2.45, 2.75) is 26.8 Å². The number of nitrogens with zero attached hydrogens (tertiary/aromatic N) is 2. The summed E-state index contributed by atoms with van der Waals surface area (Å²) in [4.78, 5) is 31.3. The molecule has 1 aliphatic heterocycles. The highest BCUT2D eigenvalue weighted by atomic mass is 16.3. The molecule has 148 valence electrons. The van der Waals surface area contributed by atoms with E-state index in [1.807, 2.05) is 50.2 Å². The molecule has 3 heterocycles. The highest BCUT2D eigenvalue weighted by Crippen LogP contribution is 2.27. The Labute approximate surface area is 169 Å². The summed E-state index contributed by atoms with van der Waals surface area (Å²) in [5.74, 6) is 0.143. The highest BCUT2D eigenvalue weighted by Gasteiger charge is 2.35. The Bertz CT molecular complexity index is 1040. The molecule has 1 atom stereocenters. The number of nitrogens with one attached hydrogen (secondary N) is 1. The third-order valence-electron chi connectivity index (χ3n) is 5.40. The van der Waals surface area contributed by atoms with Gasteiger partial charge in [-0.05, 0) is 55.3 Å².